The van der Waals surface area contributed by atoms with Gasteiger partial charge in [0.15, 0.2) is 5.79 Å². The van der Waals surface area contributed by atoms with E-state index in [-0.39, 0.29) is 28.3 Å². The molecule has 0 fully saturated rings. The number of aliphatic hydroxyl groups excluding tert-OH is 1. The monoisotopic (exact) mass is 360 g/mol. The number of aliphatic hydroxyl groups is 1. The molecule has 1 aromatic carbocycles. The highest BCUT2D eigenvalue weighted by Gasteiger charge is 2.53. The quantitative estimate of drug-likeness (QED) is 0.718. The van der Waals surface area contributed by atoms with Gasteiger partial charge in [-0.2, -0.15) is 0 Å². The Morgan fingerprint density at radius 1 is 0.923 bits per heavy atom. The molecule has 26 heavy (non-hydrogen) atoms. The third-order valence-electron chi connectivity index (χ3n) is 5.04. The smallest absolute Gasteiger partial charge is 0.198 e. The number of ether oxygens (including phenoxy) is 2. The van der Waals surface area contributed by atoms with E-state index in [0.29, 0.717) is 11.1 Å². The van der Waals surface area contributed by atoms with Crippen molar-refractivity contribution in [1.29, 1.82) is 0 Å². The SMILES string of the molecule is COC1(OC)C=C(O)C(c2ccccc2O)=C(C(C)(C)C)C1C(C)(C)C. The molecule has 0 amide bonds. The summed E-state index contributed by atoms with van der Waals surface area (Å²) in [6.45, 7) is 12.7. The first kappa shape index (κ1) is 20.5. The van der Waals surface area contributed by atoms with Gasteiger partial charge in [0, 0.05) is 37.4 Å². The average molecular weight is 360 g/mol. The summed E-state index contributed by atoms with van der Waals surface area (Å²) in [6.07, 6.45) is 1.62. The zero-order chi connectivity index (χ0) is 19.9. The van der Waals surface area contributed by atoms with Crippen molar-refractivity contribution >= 4 is 5.57 Å². The zero-order valence-corrected chi connectivity index (χ0v) is 17.2. The first-order chi connectivity index (χ1) is 11.9. The molecule has 144 valence electrons. The maximum absolute atomic E-state index is 11.0. The van der Waals surface area contributed by atoms with Crippen LogP contribution in [0.25, 0.3) is 5.57 Å². The highest BCUT2D eigenvalue weighted by atomic mass is 16.7. The number of hydrogen-bond acceptors (Lipinski definition) is 4. The van der Waals surface area contributed by atoms with Gasteiger partial charge >= 0.3 is 0 Å². The number of allylic oxidation sites excluding steroid dienone is 1. The standard InChI is InChI=1S/C22H32O4/c1-20(2,3)18-17(14-11-9-10-12-15(14)23)16(24)13-22(25-7,26-8)19(18)21(4,5)6/h9-13,19,23-24H,1-8H3. The summed E-state index contributed by atoms with van der Waals surface area (Å²) in [5, 5.41) is 21.5. The van der Waals surface area contributed by atoms with Crippen LogP contribution < -0.4 is 0 Å². The molecule has 0 saturated heterocycles. The van der Waals surface area contributed by atoms with E-state index in [0.717, 1.165) is 5.57 Å². The van der Waals surface area contributed by atoms with Crippen LogP contribution in [0.4, 0.5) is 0 Å². The van der Waals surface area contributed by atoms with Crippen molar-refractivity contribution in [3.05, 3.63) is 47.2 Å². The highest BCUT2D eigenvalue weighted by molar-refractivity contribution is 5.85. The van der Waals surface area contributed by atoms with Crippen LogP contribution in [0.5, 0.6) is 5.75 Å². The predicted molar refractivity (Wildman–Crippen MR) is 105 cm³/mol. The van der Waals surface area contributed by atoms with Crippen molar-refractivity contribution in [2.24, 2.45) is 16.7 Å². The Hall–Kier alpha value is -1.78. The Labute approximate surface area is 157 Å². The van der Waals surface area contributed by atoms with Crippen LogP contribution in [0.15, 0.2) is 41.7 Å². The van der Waals surface area contributed by atoms with Crippen LogP contribution in [0.3, 0.4) is 0 Å². The second-order valence-electron chi connectivity index (χ2n) is 9.01. The number of phenolic OH excluding ortho intramolecular Hbond substituents is 1. The van der Waals surface area contributed by atoms with Crippen LogP contribution in [-0.2, 0) is 9.47 Å². The summed E-state index contributed by atoms with van der Waals surface area (Å²) in [4.78, 5) is 0. The lowest BCUT2D eigenvalue weighted by atomic mass is 9.60. The van der Waals surface area contributed by atoms with Crippen molar-refractivity contribution in [3.8, 4) is 5.75 Å². The molecule has 2 rings (SSSR count). The maximum atomic E-state index is 11.0. The minimum atomic E-state index is -1.08. The summed E-state index contributed by atoms with van der Waals surface area (Å²) in [5.74, 6) is -1.06. The third kappa shape index (κ3) is 3.40. The summed E-state index contributed by atoms with van der Waals surface area (Å²) < 4.78 is 11.6. The van der Waals surface area contributed by atoms with Crippen molar-refractivity contribution < 1.29 is 19.7 Å². The Kier molecular flexibility index (Phi) is 5.33. The third-order valence-corrected chi connectivity index (χ3v) is 5.04. The zero-order valence-electron chi connectivity index (χ0n) is 17.2. The fourth-order valence-corrected chi connectivity index (χ4v) is 4.08. The second kappa shape index (κ2) is 6.75. The van der Waals surface area contributed by atoms with E-state index in [1.165, 1.54) is 0 Å². The van der Waals surface area contributed by atoms with Gasteiger partial charge in [0.1, 0.15) is 11.5 Å². The Morgan fingerprint density at radius 2 is 1.46 bits per heavy atom. The molecule has 0 aromatic heterocycles. The molecule has 0 bridgehead atoms. The average Bonchev–Trinajstić information content (AvgIpc) is 2.52. The molecule has 0 radical (unpaired) electrons. The first-order valence-electron chi connectivity index (χ1n) is 8.94. The van der Waals surface area contributed by atoms with E-state index in [9.17, 15) is 10.2 Å². The molecule has 4 heteroatoms. The topological polar surface area (TPSA) is 58.9 Å². The van der Waals surface area contributed by atoms with Gasteiger partial charge in [-0.05, 0) is 22.5 Å². The van der Waals surface area contributed by atoms with Gasteiger partial charge in [-0.3, -0.25) is 0 Å². The minimum absolute atomic E-state index is 0.0561. The number of methoxy groups -OCH3 is 2. The van der Waals surface area contributed by atoms with Gasteiger partial charge in [-0.15, -0.1) is 0 Å². The Morgan fingerprint density at radius 3 is 1.88 bits per heavy atom. The van der Waals surface area contributed by atoms with Crippen molar-refractivity contribution in [2.45, 2.75) is 47.3 Å². The van der Waals surface area contributed by atoms with Crippen LogP contribution in [0.1, 0.15) is 47.1 Å². The fourth-order valence-electron chi connectivity index (χ4n) is 4.08. The van der Waals surface area contributed by atoms with Crippen molar-refractivity contribution in [1.82, 2.24) is 0 Å². The molecule has 0 aliphatic heterocycles. The number of phenols is 1. The van der Waals surface area contributed by atoms with E-state index in [4.69, 9.17) is 9.47 Å². The summed E-state index contributed by atoms with van der Waals surface area (Å²) in [7, 11) is 3.19. The molecule has 1 atom stereocenters. The molecular weight excluding hydrogens is 328 g/mol. The van der Waals surface area contributed by atoms with Crippen LogP contribution in [-0.4, -0.2) is 30.2 Å². The van der Waals surface area contributed by atoms with Crippen LogP contribution in [0, 0.1) is 16.7 Å². The van der Waals surface area contributed by atoms with Gasteiger partial charge < -0.3 is 19.7 Å². The highest BCUT2D eigenvalue weighted by Crippen LogP contribution is 2.55. The van der Waals surface area contributed by atoms with E-state index >= 15 is 0 Å². The van der Waals surface area contributed by atoms with Crippen molar-refractivity contribution in [2.75, 3.05) is 14.2 Å². The Balaban J connectivity index is 2.95. The van der Waals surface area contributed by atoms with Gasteiger partial charge in [0.05, 0.1) is 0 Å². The van der Waals surface area contributed by atoms with E-state index in [1.54, 1.807) is 32.4 Å². The summed E-state index contributed by atoms with van der Waals surface area (Å²) in [5.41, 5.74) is 1.75. The molecule has 4 nitrogen and oxygen atoms in total. The number of rotatable bonds is 3. The lowest BCUT2D eigenvalue weighted by molar-refractivity contribution is -0.219. The molecular formula is C22H32O4. The minimum Gasteiger partial charge on any atom is -0.507 e. The first-order valence-corrected chi connectivity index (χ1v) is 8.94. The lowest BCUT2D eigenvalue weighted by Crippen LogP contribution is -2.51. The number of hydrogen-bond donors (Lipinski definition) is 2. The van der Waals surface area contributed by atoms with Gasteiger partial charge in [-0.25, -0.2) is 0 Å². The van der Waals surface area contributed by atoms with E-state index in [1.807, 2.05) is 12.1 Å². The Bertz CT molecular complexity index is 725. The van der Waals surface area contributed by atoms with Crippen LogP contribution >= 0.6 is 0 Å². The van der Waals surface area contributed by atoms with Crippen molar-refractivity contribution in [3.63, 3.8) is 0 Å². The summed E-state index contributed by atoms with van der Waals surface area (Å²) in [6, 6.07) is 7.09. The predicted octanol–water partition coefficient (Wildman–Crippen LogP) is 5.30. The largest absolute Gasteiger partial charge is 0.507 e. The second-order valence-corrected chi connectivity index (χ2v) is 9.01. The number of aromatic hydroxyl groups is 1. The maximum Gasteiger partial charge on any atom is 0.198 e. The van der Waals surface area contributed by atoms with Gasteiger partial charge in [-0.1, -0.05) is 59.7 Å². The van der Waals surface area contributed by atoms with Gasteiger partial charge in [0.25, 0.3) is 0 Å². The number of benzene rings is 1. The lowest BCUT2D eigenvalue weighted by Gasteiger charge is -2.50. The molecule has 1 unspecified atom stereocenters. The molecule has 0 saturated carbocycles. The normalized spacial score (nSPS) is 20.9. The molecule has 1 aliphatic carbocycles. The molecule has 2 N–H and O–H groups in total. The molecule has 1 aromatic rings. The van der Waals surface area contributed by atoms with Gasteiger partial charge in [0.2, 0.25) is 0 Å². The summed E-state index contributed by atoms with van der Waals surface area (Å²) >= 11 is 0. The molecule has 0 spiro atoms. The molecule has 1 aliphatic rings. The number of para-hydroxylation sites is 1. The van der Waals surface area contributed by atoms with E-state index < -0.39 is 5.79 Å². The fraction of sp³-hybridized carbons (Fsp3) is 0.545. The molecule has 0 heterocycles. The van der Waals surface area contributed by atoms with Crippen LogP contribution in [0.2, 0.25) is 0 Å². The van der Waals surface area contributed by atoms with E-state index in [2.05, 4.69) is 41.5 Å².